The van der Waals surface area contributed by atoms with Crippen LogP contribution in [-0.4, -0.2) is 34.5 Å². The number of hydrogen-bond donors (Lipinski definition) is 1. The van der Waals surface area contributed by atoms with Crippen LogP contribution in [0.1, 0.15) is 48.0 Å². The molecule has 1 aliphatic heterocycles. The number of amides is 1. The molecular formula is C16H20BrNO3. The second kappa shape index (κ2) is 7.07. The van der Waals surface area contributed by atoms with Crippen molar-refractivity contribution in [2.75, 3.05) is 6.54 Å². The molecule has 1 aromatic rings. The van der Waals surface area contributed by atoms with Gasteiger partial charge in [0.05, 0.1) is 0 Å². The van der Waals surface area contributed by atoms with E-state index in [4.69, 9.17) is 5.11 Å². The van der Waals surface area contributed by atoms with E-state index in [2.05, 4.69) is 15.9 Å². The Kier molecular flexibility index (Phi) is 5.39. The summed E-state index contributed by atoms with van der Waals surface area (Å²) in [6, 6.07) is 5.65. The molecule has 1 heterocycles. The standard InChI is InChI=1S/C16H20BrNO3/c1-11-5-6-12(10-14(11)17)16(21)18-9-3-2-4-13(18)7-8-15(19)20/h5-6,10,13H,2-4,7-9H2,1H3,(H,19,20). The Labute approximate surface area is 133 Å². The molecule has 0 aromatic heterocycles. The van der Waals surface area contributed by atoms with Crippen molar-refractivity contribution in [1.29, 1.82) is 0 Å². The van der Waals surface area contributed by atoms with Crippen molar-refractivity contribution in [3.8, 4) is 0 Å². The van der Waals surface area contributed by atoms with Gasteiger partial charge in [0.25, 0.3) is 5.91 Å². The molecule has 114 valence electrons. The average Bonchev–Trinajstić information content (AvgIpc) is 2.47. The first-order valence-corrected chi connectivity index (χ1v) is 8.07. The molecule has 1 amide bonds. The fourth-order valence-electron chi connectivity index (χ4n) is 2.75. The van der Waals surface area contributed by atoms with Gasteiger partial charge in [-0.2, -0.15) is 0 Å². The summed E-state index contributed by atoms with van der Waals surface area (Å²) in [5.41, 5.74) is 1.75. The molecule has 0 radical (unpaired) electrons. The van der Waals surface area contributed by atoms with Crippen molar-refractivity contribution in [3.63, 3.8) is 0 Å². The molecule has 2 rings (SSSR count). The third-order valence-electron chi connectivity index (χ3n) is 4.00. The van der Waals surface area contributed by atoms with E-state index in [9.17, 15) is 9.59 Å². The van der Waals surface area contributed by atoms with Gasteiger partial charge in [0.2, 0.25) is 0 Å². The number of halogens is 1. The number of carbonyl (C=O) groups excluding carboxylic acids is 1. The molecule has 1 aliphatic rings. The van der Waals surface area contributed by atoms with Gasteiger partial charge in [0.1, 0.15) is 0 Å². The number of aliphatic carboxylic acids is 1. The SMILES string of the molecule is Cc1ccc(C(=O)N2CCCCC2CCC(=O)O)cc1Br. The molecule has 21 heavy (non-hydrogen) atoms. The summed E-state index contributed by atoms with van der Waals surface area (Å²) in [6.07, 6.45) is 3.60. The zero-order chi connectivity index (χ0) is 15.4. The molecule has 1 unspecified atom stereocenters. The third kappa shape index (κ3) is 4.06. The van der Waals surface area contributed by atoms with Crippen molar-refractivity contribution in [3.05, 3.63) is 33.8 Å². The number of nitrogens with zero attached hydrogens (tertiary/aromatic N) is 1. The molecule has 5 heteroatoms. The Morgan fingerprint density at radius 2 is 2.14 bits per heavy atom. The summed E-state index contributed by atoms with van der Waals surface area (Å²) >= 11 is 3.45. The van der Waals surface area contributed by atoms with Crippen molar-refractivity contribution in [1.82, 2.24) is 4.90 Å². The Balaban J connectivity index is 2.13. The van der Waals surface area contributed by atoms with Gasteiger partial charge in [-0.05, 0) is 50.3 Å². The van der Waals surface area contributed by atoms with E-state index in [0.29, 0.717) is 18.5 Å². The zero-order valence-corrected chi connectivity index (χ0v) is 13.7. The van der Waals surface area contributed by atoms with E-state index >= 15 is 0 Å². The maximum absolute atomic E-state index is 12.7. The second-order valence-electron chi connectivity index (χ2n) is 5.54. The predicted octanol–water partition coefficient (Wildman–Crippen LogP) is 3.62. The van der Waals surface area contributed by atoms with Crippen LogP contribution in [0.4, 0.5) is 0 Å². The number of carbonyl (C=O) groups is 2. The summed E-state index contributed by atoms with van der Waals surface area (Å²) in [7, 11) is 0. The normalized spacial score (nSPS) is 18.6. The number of carboxylic acids is 1. The van der Waals surface area contributed by atoms with E-state index in [0.717, 1.165) is 29.3 Å². The highest BCUT2D eigenvalue weighted by molar-refractivity contribution is 9.10. The van der Waals surface area contributed by atoms with Crippen LogP contribution in [0.3, 0.4) is 0 Å². The Bertz CT molecular complexity index is 544. The first kappa shape index (κ1) is 16.0. The highest BCUT2D eigenvalue weighted by atomic mass is 79.9. The van der Waals surface area contributed by atoms with Gasteiger partial charge in [0, 0.05) is 29.0 Å². The molecule has 1 N–H and O–H groups in total. The quantitative estimate of drug-likeness (QED) is 0.899. The molecule has 0 aliphatic carbocycles. The van der Waals surface area contributed by atoms with E-state index in [1.54, 1.807) is 0 Å². The summed E-state index contributed by atoms with van der Waals surface area (Å²) in [5, 5.41) is 8.84. The lowest BCUT2D eigenvalue weighted by Crippen LogP contribution is -2.44. The minimum absolute atomic E-state index is 0.00536. The van der Waals surface area contributed by atoms with E-state index < -0.39 is 5.97 Å². The number of piperidine rings is 1. The minimum atomic E-state index is -0.800. The van der Waals surface area contributed by atoms with Crippen molar-refractivity contribution < 1.29 is 14.7 Å². The lowest BCUT2D eigenvalue weighted by molar-refractivity contribution is -0.137. The summed E-state index contributed by atoms with van der Waals surface area (Å²) in [6.45, 7) is 2.70. The highest BCUT2D eigenvalue weighted by Crippen LogP contribution is 2.25. The molecule has 1 saturated heterocycles. The zero-order valence-electron chi connectivity index (χ0n) is 12.1. The molecule has 4 nitrogen and oxygen atoms in total. The van der Waals surface area contributed by atoms with Gasteiger partial charge < -0.3 is 10.0 Å². The fourth-order valence-corrected chi connectivity index (χ4v) is 3.13. The monoisotopic (exact) mass is 353 g/mol. The third-order valence-corrected chi connectivity index (χ3v) is 4.85. The molecule has 0 bridgehead atoms. The predicted molar refractivity (Wildman–Crippen MR) is 84.4 cm³/mol. The van der Waals surface area contributed by atoms with Crippen LogP contribution in [0, 0.1) is 6.92 Å². The van der Waals surface area contributed by atoms with Crippen molar-refractivity contribution in [2.45, 2.75) is 45.1 Å². The maximum atomic E-state index is 12.7. The number of hydrogen-bond acceptors (Lipinski definition) is 2. The first-order valence-electron chi connectivity index (χ1n) is 7.28. The summed E-state index contributed by atoms with van der Waals surface area (Å²) in [5.74, 6) is -0.795. The fraction of sp³-hybridized carbons (Fsp3) is 0.500. The van der Waals surface area contributed by atoms with E-state index in [-0.39, 0.29) is 18.4 Å². The molecule has 1 atom stereocenters. The Morgan fingerprint density at radius 1 is 1.38 bits per heavy atom. The smallest absolute Gasteiger partial charge is 0.303 e. The van der Waals surface area contributed by atoms with Crippen LogP contribution in [0.5, 0.6) is 0 Å². The number of benzene rings is 1. The van der Waals surface area contributed by atoms with Gasteiger partial charge in [-0.3, -0.25) is 9.59 Å². The lowest BCUT2D eigenvalue weighted by atomic mass is 9.97. The van der Waals surface area contributed by atoms with Gasteiger partial charge in [-0.15, -0.1) is 0 Å². The molecular weight excluding hydrogens is 334 g/mol. The minimum Gasteiger partial charge on any atom is -0.481 e. The summed E-state index contributed by atoms with van der Waals surface area (Å²) in [4.78, 5) is 25.3. The lowest BCUT2D eigenvalue weighted by Gasteiger charge is -2.35. The van der Waals surface area contributed by atoms with Crippen LogP contribution in [0.15, 0.2) is 22.7 Å². The van der Waals surface area contributed by atoms with Gasteiger partial charge in [-0.25, -0.2) is 0 Å². The van der Waals surface area contributed by atoms with Crippen LogP contribution < -0.4 is 0 Å². The average molecular weight is 354 g/mol. The molecule has 1 fully saturated rings. The van der Waals surface area contributed by atoms with E-state index in [1.165, 1.54) is 0 Å². The number of carboxylic acid groups (broad SMARTS) is 1. The largest absolute Gasteiger partial charge is 0.481 e. The molecule has 0 saturated carbocycles. The second-order valence-corrected chi connectivity index (χ2v) is 6.40. The van der Waals surface area contributed by atoms with Crippen LogP contribution in [-0.2, 0) is 4.79 Å². The van der Waals surface area contributed by atoms with Crippen LogP contribution in [0.25, 0.3) is 0 Å². The van der Waals surface area contributed by atoms with Crippen molar-refractivity contribution in [2.24, 2.45) is 0 Å². The first-order chi connectivity index (χ1) is 9.99. The topological polar surface area (TPSA) is 57.6 Å². The van der Waals surface area contributed by atoms with E-state index in [1.807, 2.05) is 30.0 Å². The van der Waals surface area contributed by atoms with Gasteiger partial charge in [0.15, 0.2) is 0 Å². The van der Waals surface area contributed by atoms with Gasteiger partial charge >= 0.3 is 5.97 Å². The Hall–Kier alpha value is -1.36. The number of aryl methyl sites for hydroxylation is 1. The molecule has 0 spiro atoms. The van der Waals surface area contributed by atoms with Crippen molar-refractivity contribution >= 4 is 27.8 Å². The highest BCUT2D eigenvalue weighted by Gasteiger charge is 2.27. The van der Waals surface area contributed by atoms with Crippen LogP contribution >= 0.6 is 15.9 Å². The van der Waals surface area contributed by atoms with Gasteiger partial charge in [-0.1, -0.05) is 22.0 Å². The van der Waals surface area contributed by atoms with Crippen LogP contribution in [0.2, 0.25) is 0 Å². The number of likely N-dealkylation sites (tertiary alicyclic amines) is 1. The molecule has 1 aromatic carbocycles. The summed E-state index contributed by atoms with van der Waals surface area (Å²) < 4.78 is 0.924. The maximum Gasteiger partial charge on any atom is 0.303 e. The number of rotatable bonds is 4. The Morgan fingerprint density at radius 3 is 2.81 bits per heavy atom.